The molecule has 1 saturated heterocycles. The summed E-state index contributed by atoms with van der Waals surface area (Å²) in [5, 5.41) is 13.3. The maximum Gasteiger partial charge on any atom is 0.115 e. The van der Waals surface area contributed by atoms with Crippen molar-refractivity contribution in [1.29, 1.82) is 0 Å². The molecule has 1 heterocycles. The van der Waals surface area contributed by atoms with Crippen molar-refractivity contribution in [2.24, 2.45) is 0 Å². The fourth-order valence-electron chi connectivity index (χ4n) is 1.62. The molecule has 0 aliphatic carbocycles. The molecule has 1 aliphatic heterocycles. The van der Waals surface area contributed by atoms with Gasteiger partial charge >= 0.3 is 0 Å². The fraction of sp³-hybridized carbons (Fsp3) is 0.455. The van der Waals surface area contributed by atoms with Crippen molar-refractivity contribution in [3.05, 3.63) is 24.3 Å². The third kappa shape index (κ3) is 2.58. The van der Waals surface area contributed by atoms with Crippen LogP contribution in [0.5, 0.6) is 5.75 Å². The van der Waals surface area contributed by atoms with E-state index in [0.29, 0.717) is 5.75 Å². The second kappa shape index (κ2) is 4.60. The highest BCUT2D eigenvalue weighted by molar-refractivity contribution is 8.00. The van der Waals surface area contributed by atoms with Crippen LogP contribution >= 0.6 is 11.8 Å². The van der Waals surface area contributed by atoms with Crippen molar-refractivity contribution in [1.82, 2.24) is 0 Å². The van der Waals surface area contributed by atoms with Crippen LogP contribution in [-0.2, 0) is 0 Å². The first kappa shape index (κ1) is 9.71. The summed E-state index contributed by atoms with van der Waals surface area (Å²) in [6.45, 7) is 1.04. The van der Waals surface area contributed by atoms with Gasteiger partial charge < -0.3 is 10.4 Å². The predicted molar refractivity (Wildman–Crippen MR) is 62.1 cm³/mol. The highest BCUT2D eigenvalue weighted by Crippen LogP contribution is 2.26. The van der Waals surface area contributed by atoms with Crippen LogP contribution in [0, 0.1) is 0 Å². The first-order valence-electron chi connectivity index (χ1n) is 4.99. The van der Waals surface area contributed by atoms with Crippen LogP contribution in [0.1, 0.15) is 12.8 Å². The van der Waals surface area contributed by atoms with Gasteiger partial charge in [-0.15, -0.1) is 0 Å². The Balaban J connectivity index is 1.82. The van der Waals surface area contributed by atoms with Gasteiger partial charge in [0.2, 0.25) is 0 Å². The normalized spacial score (nSPS) is 21.0. The van der Waals surface area contributed by atoms with Crippen molar-refractivity contribution in [3.8, 4) is 5.75 Å². The first-order chi connectivity index (χ1) is 6.84. The number of phenolic OH excluding ortho intramolecular Hbond substituents is 1. The van der Waals surface area contributed by atoms with Gasteiger partial charge in [-0.05, 0) is 42.9 Å². The molecule has 2 N–H and O–H groups in total. The van der Waals surface area contributed by atoms with Gasteiger partial charge in [-0.3, -0.25) is 0 Å². The minimum absolute atomic E-state index is 0.325. The monoisotopic (exact) mass is 209 g/mol. The lowest BCUT2D eigenvalue weighted by Gasteiger charge is -2.11. The van der Waals surface area contributed by atoms with Crippen LogP contribution in [0.25, 0.3) is 0 Å². The summed E-state index contributed by atoms with van der Waals surface area (Å²) in [6.07, 6.45) is 2.68. The lowest BCUT2D eigenvalue weighted by atomic mass is 10.2. The number of anilines is 1. The number of thioether (sulfide) groups is 1. The summed E-state index contributed by atoms with van der Waals surface area (Å²) >= 11 is 2.05. The van der Waals surface area contributed by atoms with E-state index in [1.807, 2.05) is 12.1 Å². The van der Waals surface area contributed by atoms with Crippen molar-refractivity contribution in [3.63, 3.8) is 0 Å². The molecule has 2 nitrogen and oxygen atoms in total. The van der Waals surface area contributed by atoms with Crippen LogP contribution in [0.2, 0.25) is 0 Å². The highest BCUT2D eigenvalue weighted by atomic mass is 32.2. The molecule has 0 radical (unpaired) electrons. The zero-order valence-corrected chi connectivity index (χ0v) is 8.89. The van der Waals surface area contributed by atoms with Gasteiger partial charge in [-0.25, -0.2) is 0 Å². The molecule has 0 aromatic heterocycles. The minimum Gasteiger partial charge on any atom is -0.508 e. The van der Waals surface area contributed by atoms with Crippen LogP contribution in [-0.4, -0.2) is 22.7 Å². The molecule has 1 aromatic carbocycles. The second-order valence-corrected chi connectivity index (χ2v) is 4.97. The average Bonchev–Trinajstić information content (AvgIpc) is 2.70. The SMILES string of the molecule is Oc1ccc(NCC2CCCS2)cc1. The van der Waals surface area contributed by atoms with E-state index in [4.69, 9.17) is 5.11 Å². The number of nitrogens with one attached hydrogen (secondary N) is 1. The largest absolute Gasteiger partial charge is 0.508 e. The Kier molecular flexibility index (Phi) is 3.19. The van der Waals surface area contributed by atoms with Crippen LogP contribution in [0.3, 0.4) is 0 Å². The Hall–Kier alpha value is -0.830. The molecule has 3 heteroatoms. The molecular weight excluding hydrogens is 194 g/mol. The topological polar surface area (TPSA) is 32.3 Å². The number of phenols is 1. The zero-order chi connectivity index (χ0) is 9.80. The fourth-order valence-corrected chi connectivity index (χ4v) is 2.82. The molecule has 2 rings (SSSR count). The Bertz CT molecular complexity index is 280. The number of hydrogen-bond acceptors (Lipinski definition) is 3. The highest BCUT2D eigenvalue weighted by Gasteiger charge is 2.14. The van der Waals surface area contributed by atoms with Gasteiger partial charge in [0.05, 0.1) is 0 Å². The van der Waals surface area contributed by atoms with E-state index in [2.05, 4.69) is 17.1 Å². The summed E-state index contributed by atoms with van der Waals surface area (Å²) < 4.78 is 0. The van der Waals surface area contributed by atoms with Gasteiger partial charge in [0, 0.05) is 17.5 Å². The van der Waals surface area contributed by atoms with E-state index >= 15 is 0 Å². The van der Waals surface area contributed by atoms with E-state index < -0.39 is 0 Å². The summed E-state index contributed by atoms with van der Waals surface area (Å²) in [5.41, 5.74) is 1.09. The van der Waals surface area contributed by atoms with Crippen LogP contribution in [0.15, 0.2) is 24.3 Å². The zero-order valence-electron chi connectivity index (χ0n) is 8.07. The molecule has 1 aliphatic rings. The van der Waals surface area contributed by atoms with Gasteiger partial charge in [0.1, 0.15) is 5.75 Å². The standard InChI is InChI=1S/C11H15NOS/c13-10-5-3-9(4-6-10)12-8-11-2-1-7-14-11/h3-6,11-13H,1-2,7-8H2. The maximum atomic E-state index is 9.10. The predicted octanol–water partition coefficient (Wildman–Crippen LogP) is 2.70. The Morgan fingerprint density at radius 3 is 2.79 bits per heavy atom. The first-order valence-corrected chi connectivity index (χ1v) is 6.04. The van der Waals surface area contributed by atoms with Gasteiger partial charge in [-0.2, -0.15) is 11.8 Å². The summed E-state index contributed by atoms with van der Waals surface area (Å²) in [5.74, 6) is 1.63. The number of hydrogen-bond donors (Lipinski definition) is 2. The van der Waals surface area contributed by atoms with Gasteiger partial charge in [0.25, 0.3) is 0 Å². The number of rotatable bonds is 3. The quantitative estimate of drug-likeness (QED) is 0.751. The van der Waals surface area contributed by atoms with Gasteiger partial charge in [0.15, 0.2) is 0 Å². The number of aromatic hydroxyl groups is 1. The van der Waals surface area contributed by atoms with E-state index in [-0.39, 0.29) is 0 Å². The van der Waals surface area contributed by atoms with Crippen molar-refractivity contribution >= 4 is 17.4 Å². The van der Waals surface area contributed by atoms with Crippen molar-refractivity contribution < 1.29 is 5.11 Å². The lowest BCUT2D eigenvalue weighted by molar-refractivity contribution is 0.475. The average molecular weight is 209 g/mol. The molecule has 14 heavy (non-hydrogen) atoms. The minimum atomic E-state index is 0.325. The summed E-state index contributed by atoms with van der Waals surface area (Å²) in [6, 6.07) is 7.25. The lowest BCUT2D eigenvalue weighted by Crippen LogP contribution is -2.13. The molecule has 0 amide bonds. The van der Waals surface area contributed by atoms with Crippen molar-refractivity contribution in [2.45, 2.75) is 18.1 Å². The van der Waals surface area contributed by atoms with Crippen LogP contribution in [0.4, 0.5) is 5.69 Å². The van der Waals surface area contributed by atoms with E-state index in [1.165, 1.54) is 18.6 Å². The van der Waals surface area contributed by atoms with Gasteiger partial charge in [-0.1, -0.05) is 0 Å². The van der Waals surface area contributed by atoms with Crippen LogP contribution < -0.4 is 5.32 Å². The third-order valence-corrected chi connectivity index (χ3v) is 3.82. The Morgan fingerprint density at radius 2 is 2.14 bits per heavy atom. The van der Waals surface area contributed by atoms with E-state index in [9.17, 15) is 0 Å². The third-order valence-electron chi connectivity index (χ3n) is 2.43. The molecule has 0 spiro atoms. The van der Waals surface area contributed by atoms with Crippen molar-refractivity contribution in [2.75, 3.05) is 17.6 Å². The molecule has 0 bridgehead atoms. The molecule has 1 atom stereocenters. The Labute approximate surface area is 88.7 Å². The summed E-state index contributed by atoms with van der Waals surface area (Å²) in [7, 11) is 0. The second-order valence-electron chi connectivity index (χ2n) is 3.56. The smallest absolute Gasteiger partial charge is 0.115 e. The molecule has 1 aromatic rings. The summed E-state index contributed by atoms with van der Waals surface area (Å²) in [4.78, 5) is 0. The molecule has 1 unspecified atom stereocenters. The molecular formula is C11H15NOS. The molecule has 76 valence electrons. The molecule has 1 fully saturated rings. The Morgan fingerprint density at radius 1 is 1.36 bits per heavy atom. The molecule has 0 saturated carbocycles. The van der Waals surface area contributed by atoms with E-state index in [1.54, 1.807) is 12.1 Å². The van der Waals surface area contributed by atoms with E-state index in [0.717, 1.165) is 17.5 Å². The maximum absolute atomic E-state index is 9.10. The number of benzene rings is 1.